The number of hydrogen-bond donors (Lipinski definition) is 2. The molecule has 4 nitrogen and oxygen atoms in total. The van der Waals surface area contributed by atoms with Gasteiger partial charge in [-0.1, -0.05) is 12.1 Å². The van der Waals surface area contributed by atoms with Crippen LogP contribution in [0.25, 0.3) is 0 Å². The summed E-state index contributed by atoms with van der Waals surface area (Å²) in [5.41, 5.74) is 1.60. The molecule has 2 N–H and O–H groups in total. The fourth-order valence-electron chi connectivity index (χ4n) is 1.99. The highest BCUT2D eigenvalue weighted by Gasteiger charge is 2.25. The van der Waals surface area contributed by atoms with Crippen LogP contribution in [0.3, 0.4) is 0 Å². The first kappa shape index (κ1) is 13.4. The van der Waals surface area contributed by atoms with E-state index in [2.05, 4.69) is 0 Å². The van der Waals surface area contributed by atoms with Crippen molar-refractivity contribution in [2.45, 2.75) is 23.6 Å². The fourth-order valence-corrected chi connectivity index (χ4v) is 3.60. The Morgan fingerprint density at radius 1 is 0.895 bits per heavy atom. The molecule has 0 aliphatic heterocycles. The summed E-state index contributed by atoms with van der Waals surface area (Å²) < 4.78 is 24.9. The Bertz CT molecular complexity index is 693. The van der Waals surface area contributed by atoms with Gasteiger partial charge in [0.05, 0.1) is 4.90 Å². The highest BCUT2D eigenvalue weighted by molar-refractivity contribution is 7.91. The van der Waals surface area contributed by atoms with E-state index in [1.54, 1.807) is 13.8 Å². The molecule has 0 aliphatic rings. The maximum absolute atomic E-state index is 12.5. The van der Waals surface area contributed by atoms with E-state index in [4.69, 9.17) is 0 Å². The predicted molar refractivity (Wildman–Crippen MR) is 71.1 cm³/mol. The number of sulfone groups is 1. The third-order valence-corrected chi connectivity index (χ3v) is 4.56. The molecule has 0 spiro atoms. The number of aryl methyl sites for hydroxylation is 2. The third kappa shape index (κ3) is 2.42. The van der Waals surface area contributed by atoms with Gasteiger partial charge in [-0.3, -0.25) is 0 Å². The quantitative estimate of drug-likeness (QED) is 0.885. The number of aromatic hydroxyl groups is 2. The topological polar surface area (TPSA) is 74.6 Å². The van der Waals surface area contributed by atoms with Crippen molar-refractivity contribution in [3.05, 3.63) is 47.5 Å². The van der Waals surface area contributed by atoms with Crippen molar-refractivity contribution in [2.75, 3.05) is 0 Å². The Hall–Kier alpha value is -2.01. The average molecular weight is 278 g/mol. The summed E-state index contributed by atoms with van der Waals surface area (Å²) in [5.74, 6) is -0.918. The first-order valence-electron chi connectivity index (χ1n) is 5.66. The first-order chi connectivity index (χ1) is 8.82. The van der Waals surface area contributed by atoms with Crippen LogP contribution in [0.15, 0.2) is 46.2 Å². The summed E-state index contributed by atoms with van der Waals surface area (Å²) in [6.07, 6.45) is 0. The van der Waals surface area contributed by atoms with Crippen molar-refractivity contribution in [1.29, 1.82) is 0 Å². The van der Waals surface area contributed by atoms with Crippen molar-refractivity contribution in [3.8, 4) is 11.5 Å². The van der Waals surface area contributed by atoms with Crippen LogP contribution in [0.4, 0.5) is 0 Å². The standard InChI is InChI=1S/C14H14O4S/c1-9-6-10(2)8-11(7-9)19(17,18)14-12(15)4-3-5-13(14)16/h3-8,15-16H,1-2H3. The van der Waals surface area contributed by atoms with Gasteiger partial charge in [-0.2, -0.15) is 0 Å². The minimum atomic E-state index is -3.95. The lowest BCUT2D eigenvalue weighted by atomic mass is 10.2. The average Bonchev–Trinajstić information content (AvgIpc) is 2.26. The summed E-state index contributed by atoms with van der Waals surface area (Å²) in [5, 5.41) is 19.4. The number of benzene rings is 2. The zero-order valence-corrected chi connectivity index (χ0v) is 11.4. The van der Waals surface area contributed by atoms with Crippen LogP contribution < -0.4 is 0 Å². The molecule has 2 aromatic carbocycles. The molecule has 2 aromatic rings. The lowest BCUT2D eigenvalue weighted by Gasteiger charge is -2.10. The molecule has 0 fully saturated rings. The molecule has 0 saturated heterocycles. The van der Waals surface area contributed by atoms with Crippen LogP contribution in [0.2, 0.25) is 0 Å². The van der Waals surface area contributed by atoms with Crippen LogP contribution >= 0.6 is 0 Å². The second-order valence-electron chi connectivity index (χ2n) is 4.45. The number of hydrogen-bond acceptors (Lipinski definition) is 4. The van der Waals surface area contributed by atoms with Crippen LogP contribution in [-0.2, 0) is 9.84 Å². The van der Waals surface area contributed by atoms with Gasteiger partial charge >= 0.3 is 0 Å². The maximum Gasteiger partial charge on any atom is 0.213 e. The zero-order valence-electron chi connectivity index (χ0n) is 10.6. The van der Waals surface area contributed by atoms with E-state index in [1.807, 2.05) is 6.07 Å². The minimum absolute atomic E-state index is 0.0572. The van der Waals surface area contributed by atoms with Gasteiger partial charge in [0.25, 0.3) is 0 Å². The van der Waals surface area contributed by atoms with E-state index in [1.165, 1.54) is 30.3 Å². The SMILES string of the molecule is Cc1cc(C)cc(S(=O)(=O)c2c(O)cccc2O)c1. The molecule has 100 valence electrons. The van der Waals surface area contributed by atoms with Gasteiger partial charge < -0.3 is 10.2 Å². The van der Waals surface area contributed by atoms with E-state index in [0.29, 0.717) is 0 Å². The zero-order chi connectivity index (χ0) is 14.2. The van der Waals surface area contributed by atoms with Gasteiger partial charge in [0.1, 0.15) is 11.5 Å². The molecule has 0 unspecified atom stereocenters. The summed E-state index contributed by atoms with van der Waals surface area (Å²) in [4.78, 5) is -0.401. The Morgan fingerprint density at radius 3 is 1.84 bits per heavy atom. The van der Waals surface area contributed by atoms with Crippen molar-refractivity contribution < 1.29 is 18.6 Å². The second kappa shape index (κ2) is 4.59. The van der Waals surface area contributed by atoms with Crippen molar-refractivity contribution in [3.63, 3.8) is 0 Å². The number of rotatable bonds is 2. The van der Waals surface area contributed by atoms with E-state index in [9.17, 15) is 18.6 Å². The molecule has 0 aliphatic carbocycles. The van der Waals surface area contributed by atoms with E-state index >= 15 is 0 Å². The molecule has 5 heteroatoms. The fraction of sp³-hybridized carbons (Fsp3) is 0.143. The van der Waals surface area contributed by atoms with Crippen molar-refractivity contribution in [2.24, 2.45) is 0 Å². The van der Waals surface area contributed by atoms with E-state index in [-0.39, 0.29) is 4.90 Å². The highest BCUT2D eigenvalue weighted by atomic mass is 32.2. The molecule has 0 amide bonds. The molecule has 0 saturated carbocycles. The molecule has 0 atom stereocenters. The van der Waals surface area contributed by atoms with E-state index in [0.717, 1.165) is 11.1 Å². The Kier molecular flexibility index (Phi) is 3.24. The summed E-state index contributed by atoms with van der Waals surface area (Å²) in [6.45, 7) is 3.58. The molecule has 0 radical (unpaired) electrons. The summed E-state index contributed by atoms with van der Waals surface area (Å²) in [6, 6.07) is 8.71. The van der Waals surface area contributed by atoms with Gasteiger partial charge in [-0.05, 0) is 49.2 Å². The Morgan fingerprint density at radius 2 is 1.37 bits per heavy atom. The Labute approximate surface area is 111 Å². The van der Waals surface area contributed by atoms with Gasteiger partial charge in [-0.15, -0.1) is 0 Å². The lowest BCUT2D eigenvalue weighted by Crippen LogP contribution is -2.03. The van der Waals surface area contributed by atoms with Gasteiger partial charge in [0.15, 0.2) is 4.90 Å². The molecular weight excluding hydrogens is 264 g/mol. The van der Waals surface area contributed by atoms with E-state index < -0.39 is 26.2 Å². The smallest absolute Gasteiger partial charge is 0.213 e. The largest absolute Gasteiger partial charge is 0.506 e. The number of phenols is 2. The van der Waals surface area contributed by atoms with Gasteiger partial charge in [0.2, 0.25) is 9.84 Å². The van der Waals surface area contributed by atoms with Crippen LogP contribution in [-0.4, -0.2) is 18.6 Å². The molecule has 0 aromatic heterocycles. The molecule has 0 bridgehead atoms. The van der Waals surface area contributed by atoms with Gasteiger partial charge in [0, 0.05) is 0 Å². The first-order valence-corrected chi connectivity index (χ1v) is 7.15. The molecule has 19 heavy (non-hydrogen) atoms. The van der Waals surface area contributed by atoms with Crippen LogP contribution in [0.1, 0.15) is 11.1 Å². The van der Waals surface area contributed by atoms with Crippen LogP contribution in [0.5, 0.6) is 11.5 Å². The van der Waals surface area contributed by atoms with Crippen LogP contribution in [0, 0.1) is 13.8 Å². The highest BCUT2D eigenvalue weighted by Crippen LogP contribution is 2.35. The number of phenolic OH excluding ortho intramolecular Hbond substituents is 2. The monoisotopic (exact) mass is 278 g/mol. The Balaban J connectivity index is 2.73. The molecule has 2 rings (SSSR count). The normalized spacial score (nSPS) is 11.5. The minimum Gasteiger partial charge on any atom is -0.506 e. The second-order valence-corrected chi connectivity index (χ2v) is 6.34. The molecular formula is C14H14O4S. The summed E-state index contributed by atoms with van der Waals surface area (Å²) >= 11 is 0. The van der Waals surface area contributed by atoms with Crippen molar-refractivity contribution in [1.82, 2.24) is 0 Å². The predicted octanol–water partition coefficient (Wildman–Crippen LogP) is 2.55. The third-order valence-electron chi connectivity index (χ3n) is 2.75. The maximum atomic E-state index is 12.5. The lowest BCUT2D eigenvalue weighted by molar-refractivity contribution is 0.423. The van der Waals surface area contributed by atoms with Crippen molar-refractivity contribution >= 4 is 9.84 Å². The molecule has 0 heterocycles. The summed E-state index contributed by atoms with van der Waals surface area (Å²) in [7, 11) is -3.95. The van der Waals surface area contributed by atoms with Gasteiger partial charge in [-0.25, -0.2) is 8.42 Å².